The van der Waals surface area contributed by atoms with Crippen molar-refractivity contribution in [3.63, 3.8) is 0 Å². The number of aromatic nitrogens is 3. The van der Waals surface area contributed by atoms with Crippen molar-refractivity contribution in [1.29, 1.82) is 0 Å². The van der Waals surface area contributed by atoms with E-state index in [0.29, 0.717) is 23.2 Å². The summed E-state index contributed by atoms with van der Waals surface area (Å²) in [6, 6.07) is 10.1. The predicted molar refractivity (Wildman–Crippen MR) is 119 cm³/mol. The minimum absolute atomic E-state index is 0.0193. The first-order valence-electron chi connectivity index (χ1n) is 10.1. The summed E-state index contributed by atoms with van der Waals surface area (Å²) in [5.41, 5.74) is 1.88. The topological polar surface area (TPSA) is 71.0 Å². The molecule has 1 spiro atoms. The zero-order valence-electron chi connectivity index (χ0n) is 16.6. The number of hydrogen-bond acceptors (Lipinski definition) is 6. The van der Waals surface area contributed by atoms with Crippen molar-refractivity contribution >= 4 is 34.8 Å². The zero-order chi connectivity index (χ0) is 20.7. The summed E-state index contributed by atoms with van der Waals surface area (Å²) >= 11 is 7.45. The van der Waals surface area contributed by atoms with Crippen molar-refractivity contribution < 1.29 is 4.79 Å². The van der Waals surface area contributed by atoms with Gasteiger partial charge >= 0.3 is 0 Å². The summed E-state index contributed by atoms with van der Waals surface area (Å²) in [5, 5.41) is 4.68. The highest BCUT2D eigenvalue weighted by molar-refractivity contribution is 7.15. The smallest absolute Gasteiger partial charge is 0.274 e. The van der Waals surface area contributed by atoms with Crippen LogP contribution < -0.4 is 5.32 Å². The minimum Gasteiger partial charge on any atom is -0.352 e. The van der Waals surface area contributed by atoms with Crippen LogP contribution in [0.2, 0.25) is 5.02 Å². The first-order valence-corrected chi connectivity index (χ1v) is 11.3. The van der Waals surface area contributed by atoms with Gasteiger partial charge in [0.2, 0.25) is 5.95 Å². The number of carbonyl (C=O) groups is 1. The molecule has 3 aromatic rings. The van der Waals surface area contributed by atoms with Crippen molar-refractivity contribution in [2.75, 3.05) is 18.4 Å². The third kappa shape index (κ3) is 3.79. The van der Waals surface area contributed by atoms with Crippen molar-refractivity contribution in [2.45, 2.75) is 32.2 Å². The number of thiazole rings is 1. The van der Waals surface area contributed by atoms with Crippen molar-refractivity contribution in [3.05, 3.63) is 58.4 Å². The molecule has 1 amide bonds. The zero-order valence-corrected chi connectivity index (χ0v) is 18.2. The summed E-state index contributed by atoms with van der Waals surface area (Å²) in [5.74, 6) is 0.545. The van der Waals surface area contributed by atoms with E-state index in [9.17, 15) is 4.79 Å². The standard InChI is InChI=1S/C22H22ClN5OS/c1-14-27-18(19(30-14)15-5-3-2-4-6-15)20(29)28-13-22(7-8-22)9-17(28)12-26-21-24-10-16(23)11-25-21/h2-6,10-11,17H,7-9,12-13H2,1H3,(H,24,25,26). The number of hydrogen-bond donors (Lipinski definition) is 1. The normalized spacial score (nSPS) is 19.3. The Balaban J connectivity index is 1.39. The van der Waals surface area contributed by atoms with E-state index in [1.807, 2.05) is 42.2 Å². The van der Waals surface area contributed by atoms with Crippen LogP contribution in [0.5, 0.6) is 0 Å². The van der Waals surface area contributed by atoms with E-state index in [-0.39, 0.29) is 17.4 Å². The molecular weight excluding hydrogens is 418 g/mol. The number of anilines is 1. The number of rotatable bonds is 5. The molecule has 3 heterocycles. The summed E-state index contributed by atoms with van der Waals surface area (Å²) < 4.78 is 0. The van der Waals surface area contributed by atoms with Gasteiger partial charge in [-0.15, -0.1) is 11.3 Å². The molecule has 1 saturated carbocycles. The maximum atomic E-state index is 13.6. The van der Waals surface area contributed by atoms with Crippen LogP contribution in [0.4, 0.5) is 5.95 Å². The fraction of sp³-hybridized carbons (Fsp3) is 0.364. The highest BCUT2D eigenvalue weighted by atomic mass is 35.5. The average Bonchev–Trinajstić information content (AvgIpc) is 3.24. The van der Waals surface area contributed by atoms with E-state index >= 15 is 0 Å². The van der Waals surface area contributed by atoms with Gasteiger partial charge in [-0.3, -0.25) is 4.79 Å². The molecule has 5 rings (SSSR count). The number of aryl methyl sites for hydroxylation is 1. The first kappa shape index (κ1) is 19.5. The van der Waals surface area contributed by atoms with Crippen molar-refractivity contribution in [1.82, 2.24) is 19.9 Å². The summed E-state index contributed by atoms with van der Waals surface area (Å²) in [4.78, 5) is 29.6. The van der Waals surface area contributed by atoms with E-state index in [1.165, 1.54) is 12.8 Å². The fourth-order valence-electron chi connectivity index (χ4n) is 4.23. The predicted octanol–water partition coefficient (Wildman–Crippen LogP) is 4.67. The number of nitrogens with zero attached hydrogens (tertiary/aromatic N) is 4. The van der Waals surface area contributed by atoms with Crippen LogP contribution in [0.3, 0.4) is 0 Å². The Hall–Kier alpha value is -2.51. The molecule has 0 radical (unpaired) electrons. The first-order chi connectivity index (χ1) is 14.5. The van der Waals surface area contributed by atoms with Gasteiger partial charge < -0.3 is 10.2 Å². The Labute approximate surface area is 184 Å². The maximum Gasteiger partial charge on any atom is 0.274 e. The van der Waals surface area contributed by atoms with Crippen LogP contribution in [-0.2, 0) is 0 Å². The molecule has 0 bridgehead atoms. The molecule has 1 aliphatic carbocycles. The molecule has 1 aromatic carbocycles. The molecule has 1 aliphatic heterocycles. The molecular formula is C22H22ClN5OS. The maximum absolute atomic E-state index is 13.6. The molecule has 30 heavy (non-hydrogen) atoms. The minimum atomic E-state index is 0.0193. The molecule has 2 aliphatic rings. The van der Waals surface area contributed by atoms with Gasteiger partial charge in [-0.05, 0) is 37.2 Å². The van der Waals surface area contributed by atoms with E-state index in [1.54, 1.807) is 23.7 Å². The van der Waals surface area contributed by atoms with Gasteiger partial charge in [0.25, 0.3) is 5.91 Å². The second kappa shape index (κ2) is 7.63. The summed E-state index contributed by atoms with van der Waals surface area (Å²) in [6.45, 7) is 3.36. The van der Waals surface area contributed by atoms with Gasteiger partial charge in [-0.1, -0.05) is 41.9 Å². The summed E-state index contributed by atoms with van der Waals surface area (Å²) in [6.07, 6.45) is 6.52. The molecule has 2 fully saturated rings. The molecule has 1 N–H and O–H groups in total. The van der Waals surface area contributed by atoms with E-state index in [0.717, 1.165) is 28.4 Å². The van der Waals surface area contributed by atoms with Gasteiger partial charge in [-0.2, -0.15) is 0 Å². The van der Waals surface area contributed by atoms with Crippen LogP contribution in [0.25, 0.3) is 10.4 Å². The van der Waals surface area contributed by atoms with E-state index in [2.05, 4.69) is 20.3 Å². The Morgan fingerprint density at radius 2 is 2.00 bits per heavy atom. The Kier molecular flexibility index (Phi) is 4.95. The lowest BCUT2D eigenvalue weighted by molar-refractivity contribution is 0.0733. The highest BCUT2D eigenvalue weighted by Gasteiger charge is 2.53. The van der Waals surface area contributed by atoms with Gasteiger partial charge in [0.05, 0.1) is 33.3 Å². The SMILES string of the molecule is Cc1nc(C(=O)N2CC3(CC3)CC2CNc2ncc(Cl)cn2)c(-c2ccccc2)s1. The molecule has 8 heteroatoms. The van der Waals surface area contributed by atoms with Crippen LogP contribution in [-0.4, -0.2) is 44.9 Å². The average molecular weight is 440 g/mol. The monoisotopic (exact) mass is 439 g/mol. The van der Waals surface area contributed by atoms with Crippen LogP contribution in [0.1, 0.15) is 34.8 Å². The number of benzene rings is 1. The van der Waals surface area contributed by atoms with Crippen molar-refractivity contribution in [3.8, 4) is 10.4 Å². The summed E-state index contributed by atoms with van der Waals surface area (Å²) in [7, 11) is 0. The van der Waals surface area contributed by atoms with Gasteiger partial charge in [0.15, 0.2) is 0 Å². The third-order valence-electron chi connectivity index (χ3n) is 5.92. The molecule has 6 nitrogen and oxygen atoms in total. The second-order valence-electron chi connectivity index (χ2n) is 8.17. The van der Waals surface area contributed by atoms with Gasteiger partial charge in [0.1, 0.15) is 5.69 Å². The lowest BCUT2D eigenvalue weighted by atomic mass is 10.0. The Morgan fingerprint density at radius 3 is 2.70 bits per heavy atom. The lowest BCUT2D eigenvalue weighted by Gasteiger charge is -2.24. The van der Waals surface area contributed by atoms with Crippen LogP contribution in [0.15, 0.2) is 42.7 Å². The highest BCUT2D eigenvalue weighted by Crippen LogP contribution is 2.55. The largest absolute Gasteiger partial charge is 0.352 e. The van der Waals surface area contributed by atoms with Crippen LogP contribution in [0, 0.1) is 12.3 Å². The Bertz CT molecular complexity index is 1060. The number of halogens is 1. The fourth-order valence-corrected chi connectivity index (χ4v) is 5.24. The Morgan fingerprint density at radius 1 is 1.27 bits per heavy atom. The number of nitrogens with one attached hydrogen (secondary N) is 1. The molecule has 1 atom stereocenters. The van der Waals surface area contributed by atoms with E-state index in [4.69, 9.17) is 11.6 Å². The van der Waals surface area contributed by atoms with Gasteiger partial charge in [0, 0.05) is 13.1 Å². The van der Waals surface area contributed by atoms with Crippen molar-refractivity contribution in [2.24, 2.45) is 5.41 Å². The number of amides is 1. The van der Waals surface area contributed by atoms with Crippen LogP contribution >= 0.6 is 22.9 Å². The second-order valence-corrected chi connectivity index (χ2v) is 9.81. The third-order valence-corrected chi connectivity index (χ3v) is 7.14. The molecule has 1 saturated heterocycles. The quantitative estimate of drug-likeness (QED) is 0.625. The molecule has 154 valence electrons. The lowest BCUT2D eigenvalue weighted by Crippen LogP contribution is -2.40. The van der Waals surface area contributed by atoms with E-state index < -0.39 is 0 Å². The number of carbonyl (C=O) groups excluding carboxylic acids is 1. The molecule has 2 aromatic heterocycles. The van der Waals surface area contributed by atoms with Gasteiger partial charge in [-0.25, -0.2) is 15.0 Å². The number of likely N-dealkylation sites (tertiary alicyclic amines) is 1. The molecule has 1 unspecified atom stereocenters.